The monoisotopic (exact) mass is 446 g/mol. The van der Waals surface area contributed by atoms with E-state index in [2.05, 4.69) is 5.32 Å². The van der Waals surface area contributed by atoms with Crippen LogP contribution in [0.4, 0.5) is 10.5 Å². The molecule has 1 unspecified atom stereocenters. The van der Waals surface area contributed by atoms with Crippen LogP contribution in [0.15, 0.2) is 52.9 Å². The van der Waals surface area contributed by atoms with Crippen LogP contribution in [0.3, 0.4) is 0 Å². The van der Waals surface area contributed by atoms with Crippen molar-refractivity contribution < 1.29 is 23.7 Å². The first-order valence-corrected chi connectivity index (χ1v) is 11.1. The Morgan fingerprint density at radius 1 is 1.27 bits per heavy atom. The predicted molar refractivity (Wildman–Crippen MR) is 116 cm³/mol. The summed E-state index contributed by atoms with van der Waals surface area (Å²) in [6.07, 6.45) is 5.77. The highest BCUT2D eigenvalue weighted by Crippen LogP contribution is 2.40. The third-order valence-corrected chi connectivity index (χ3v) is 6.48. The highest BCUT2D eigenvalue weighted by Gasteiger charge is 2.27. The lowest BCUT2D eigenvalue weighted by atomic mass is 10.2. The fourth-order valence-corrected chi connectivity index (χ4v) is 5.19. The van der Waals surface area contributed by atoms with Gasteiger partial charge in [-0.05, 0) is 24.3 Å². The number of fused-ring (bicyclic) bond motifs is 1. The average Bonchev–Trinajstić information content (AvgIpc) is 3.34. The summed E-state index contributed by atoms with van der Waals surface area (Å²) in [5.74, 6) is 1.08. The number of allylic oxidation sites excluding steroid dienone is 2. The third kappa shape index (κ3) is 3.79. The van der Waals surface area contributed by atoms with Gasteiger partial charge in [-0.2, -0.15) is 0 Å². The molecule has 0 fully saturated rings. The van der Waals surface area contributed by atoms with Crippen LogP contribution in [-0.2, 0) is 9.47 Å². The molecule has 30 heavy (non-hydrogen) atoms. The number of ether oxygens (including phenoxy) is 4. The first-order valence-electron chi connectivity index (χ1n) is 8.89. The van der Waals surface area contributed by atoms with Crippen molar-refractivity contribution in [3.05, 3.63) is 58.4 Å². The maximum absolute atomic E-state index is 13.2. The number of hydrogen-bond acceptors (Lipinski definition) is 8. The molecule has 0 saturated heterocycles. The second-order valence-corrected chi connectivity index (χ2v) is 8.26. The summed E-state index contributed by atoms with van der Waals surface area (Å²) >= 11 is 0. The Morgan fingerprint density at radius 3 is 2.87 bits per heavy atom. The van der Waals surface area contributed by atoms with Crippen molar-refractivity contribution in [2.45, 2.75) is 6.10 Å². The van der Waals surface area contributed by atoms with Crippen molar-refractivity contribution in [3.63, 3.8) is 0 Å². The van der Waals surface area contributed by atoms with Crippen LogP contribution in [0.25, 0.3) is 16.3 Å². The first kappa shape index (κ1) is 20.0. The van der Waals surface area contributed by atoms with Gasteiger partial charge in [-0.3, -0.25) is 14.7 Å². The summed E-state index contributed by atoms with van der Waals surface area (Å²) < 4.78 is 22.7. The Hall–Kier alpha value is -3.24. The largest absolute Gasteiger partial charge is 0.497 e. The van der Waals surface area contributed by atoms with Crippen molar-refractivity contribution in [1.82, 2.24) is 4.57 Å². The van der Waals surface area contributed by atoms with Gasteiger partial charge in [0.15, 0.2) is 6.10 Å². The highest BCUT2D eigenvalue weighted by atomic mass is 32.9. The van der Waals surface area contributed by atoms with Gasteiger partial charge in [-0.15, -0.1) is 0 Å². The summed E-state index contributed by atoms with van der Waals surface area (Å²) in [5.41, 5.74) is 1.02. The molecule has 3 aliphatic heterocycles. The lowest BCUT2D eigenvalue weighted by molar-refractivity contribution is 0.0870. The van der Waals surface area contributed by atoms with Gasteiger partial charge in [-0.25, -0.2) is 4.79 Å². The van der Waals surface area contributed by atoms with Gasteiger partial charge < -0.3 is 18.9 Å². The zero-order valence-corrected chi connectivity index (χ0v) is 17.7. The molecule has 0 saturated carbocycles. The van der Waals surface area contributed by atoms with Crippen molar-refractivity contribution in [3.8, 4) is 27.8 Å². The van der Waals surface area contributed by atoms with Gasteiger partial charge in [0.25, 0.3) is 5.56 Å². The number of carbonyl (C=O) groups is 1. The molecule has 0 aromatic heterocycles. The van der Waals surface area contributed by atoms with E-state index in [1.54, 1.807) is 37.5 Å². The van der Waals surface area contributed by atoms with E-state index in [9.17, 15) is 9.59 Å². The standard InChI is InChI=1S/C20H18N2O6S2/c1-25-12-6-7-14(16(9-12)26-2)22-15-11-29-30-18(15)17(19(22)23)21-20(24)28-10-13-5-3-4-8-27-13/h3-9,11,13H,10H2,1-2H3,(H,21,24). The van der Waals surface area contributed by atoms with Crippen LogP contribution in [0.2, 0.25) is 0 Å². The molecular formula is C20H18N2O6S2. The van der Waals surface area contributed by atoms with Crippen LogP contribution in [0.5, 0.6) is 11.5 Å². The number of amides is 1. The van der Waals surface area contributed by atoms with E-state index in [4.69, 9.17) is 18.9 Å². The summed E-state index contributed by atoms with van der Waals surface area (Å²) in [5, 5.41) is 4.44. The minimum Gasteiger partial charge on any atom is -0.497 e. The lowest BCUT2D eigenvalue weighted by Gasteiger charge is -2.14. The summed E-state index contributed by atoms with van der Waals surface area (Å²) in [4.78, 5) is 26.2. The van der Waals surface area contributed by atoms with Crippen LogP contribution in [0.1, 0.15) is 0 Å². The van der Waals surface area contributed by atoms with Crippen molar-refractivity contribution in [1.29, 1.82) is 0 Å². The molecule has 3 aliphatic rings. The summed E-state index contributed by atoms with van der Waals surface area (Å²) in [7, 11) is 5.93. The minimum atomic E-state index is -0.724. The topological polar surface area (TPSA) is 88.0 Å². The van der Waals surface area contributed by atoms with E-state index in [0.717, 1.165) is 0 Å². The number of nitrogens with one attached hydrogen (secondary N) is 1. The van der Waals surface area contributed by atoms with Gasteiger partial charge >= 0.3 is 6.09 Å². The number of nitrogens with zero attached hydrogens (tertiary/aromatic N) is 1. The van der Waals surface area contributed by atoms with Crippen LogP contribution >= 0.6 is 20.7 Å². The van der Waals surface area contributed by atoms with Gasteiger partial charge in [0, 0.05) is 11.4 Å². The summed E-state index contributed by atoms with van der Waals surface area (Å²) in [6, 6.07) is 5.18. The maximum atomic E-state index is 13.2. The smallest absolute Gasteiger partial charge is 0.411 e. The Balaban J connectivity index is 1.62. The van der Waals surface area contributed by atoms with E-state index >= 15 is 0 Å². The molecule has 4 rings (SSSR count). The predicted octanol–water partition coefficient (Wildman–Crippen LogP) is 4.10. The maximum Gasteiger partial charge on any atom is 0.411 e. The number of benzene rings is 1. The molecule has 3 heterocycles. The molecule has 0 bridgehead atoms. The minimum absolute atomic E-state index is 0.0318. The molecule has 1 aromatic carbocycles. The molecule has 1 amide bonds. The molecule has 1 N–H and O–H groups in total. The van der Waals surface area contributed by atoms with Crippen molar-refractivity contribution in [2.75, 3.05) is 26.1 Å². The van der Waals surface area contributed by atoms with Gasteiger partial charge in [0.05, 0.1) is 36.7 Å². The Morgan fingerprint density at radius 2 is 2.13 bits per heavy atom. The van der Waals surface area contributed by atoms with Gasteiger partial charge in [0.1, 0.15) is 23.8 Å². The van der Waals surface area contributed by atoms with E-state index in [0.29, 0.717) is 27.8 Å². The Kier molecular flexibility index (Phi) is 5.77. The summed E-state index contributed by atoms with van der Waals surface area (Å²) in [6.45, 7) is 0.0318. The molecule has 1 aromatic rings. The van der Waals surface area contributed by atoms with Gasteiger partial charge in [-0.1, -0.05) is 26.8 Å². The SMILES string of the molecule is COc1ccc(-n2c3cssc-3c(NC(=O)OCC3C=CC=CO3)c2=O)c(OC)c1. The third-order valence-electron chi connectivity index (χ3n) is 4.41. The normalized spacial score (nSPS) is 15.1. The van der Waals surface area contributed by atoms with E-state index in [-0.39, 0.29) is 24.0 Å². The van der Waals surface area contributed by atoms with Crippen LogP contribution in [0, 0.1) is 0 Å². The molecule has 10 heteroatoms. The number of hydrogen-bond donors (Lipinski definition) is 1. The van der Waals surface area contributed by atoms with Crippen LogP contribution in [-0.4, -0.2) is 37.6 Å². The zero-order valence-electron chi connectivity index (χ0n) is 16.1. The molecule has 1 atom stereocenters. The molecule has 0 spiro atoms. The Labute approximate surface area is 179 Å². The zero-order chi connectivity index (χ0) is 21.1. The van der Waals surface area contributed by atoms with Crippen molar-refractivity contribution in [2.24, 2.45) is 0 Å². The van der Waals surface area contributed by atoms with Crippen molar-refractivity contribution >= 4 is 32.5 Å². The second kappa shape index (κ2) is 8.64. The highest BCUT2D eigenvalue weighted by molar-refractivity contribution is 7.70. The van der Waals surface area contributed by atoms with Gasteiger partial charge in [0.2, 0.25) is 0 Å². The van der Waals surface area contributed by atoms with E-state index in [1.807, 2.05) is 11.5 Å². The van der Waals surface area contributed by atoms with E-state index < -0.39 is 6.09 Å². The number of methoxy groups -OCH3 is 2. The quantitative estimate of drug-likeness (QED) is 0.574. The number of anilines is 1. The van der Waals surface area contributed by atoms with E-state index in [1.165, 1.54) is 38.6 Å². The molecule has 156 valence electrons. The number of rotatable bonds is 6. The molecule has 0 radical (unpaired) electrons. The fourth-order valence-electron chi connectivity index (χ4n) is 2.99. The molecule has 0 aliphatic carbocycles. The molecular weight excluding hydrogens is 428 g/mol. The molecule has 8 nitrogen and oxygen atoms in total. The average molecular weight is 447 g/mol. The number of carbonyl (C=O) groups excluding carboxylic acids is 1. The fraction of sp³-hybridized carbons (Fsp3) is 0.200. The number of aromatic nitrogens is 1. The Bertz CT molecular complexity index is 1140. The lowest BCUT2D eigenvalue weighted by Crippen LogP contribution is -2.25. The second-order valence-electron chi connectivity index (χ2n) is 6.18. The first-order chi connectivity index (χ1) is 14.6. The van der Waals surface area contributed by atoms with Crippen LogP contribution < -0.4 is 20.3 Å².